The third-order valence-corrected chi connectivity index (χ3v) is 6.51. The van der Waals surface area contributed by atoms with Gasteiger partial charge in [-0.05, 0) is 50.1 Å². The van der Waals surface area contributed by atoms with E-state index < -0.39 is 14.8 Å². The number of para-hydroxylation sites is 1. The van der Waals surface area contributed by atoms with Crippen molar-refractivity contribution in [2.75, 3.05) is 24.7 Å². The summed E-state index contributed by atoms with van der Waals surface area (Å²) in [6.07, 6.45) is 1.82. The maximum atomic E-state index is 12.3. The molecular weight excluding hydrogens is 458 g/mol. The summed E-state index contributed by atoms with van der Waals surface area (Å²) in [5, 5.41) is 21.6. The van der Waals surface area contributed by atoms with E-state index in [0.717, 1.165) is 35.0 Å². The Morgan fingerprint density at radius 2 is 1.82 bits per heavy atom. The number of aryl methyl sites for hydroxylation is 1. The predicted molar refractivity (Wildman–Crippen MR) is 129 cm³/mol. The van der Waals surface area contributed by atoms with Crippen molar-refractivity contribution in [3.8, 4) is 5.69 Å². The van der Waals surface area contributed by atoms with Crippen molar-refractivity contribution in [3.63, 3.8) is 0 Å². The van der Waals surface area contributed by atoms with Gasteiger partial charge in [0.05, 0.1) is 21.2 Å². The molecule has 3 aromatic rings. The maximum absolute atomic E-state index is 12.3. The molecule has 0 spiro atoms. The maximum Gasteiger partial charge on any atom is 0.293 e. The van der Waals surface area contributed by atoms with Gasteiger partial charge in [-0.15, -0.1) is 0 Å². The smallest absolute Gasteiger partial charge is 0.293 e. The quantitative estimate of drug-likeness (QED) is 0.256. The Morgan fingerprint density at radius 1 is 1.12 bits per heavy atom. The van der Waals surface area contributed by atoms with Crippen LogP contribution in [0.25, 0.3) is 5.69 Å². The Balaban J connectivity index is 1.52. The summed E-state index contributed by atoms with van der Waals surface area (Å²) in [5.41, 5.74) is 3.70. The highest BCUT2D eigenvalue weighted by atomic mass is 32.2. The third kappa shape index (κ3) is 5.98. The minimum absolute atomic E-state index is 0.126. The Morgan fingerprint density at radius 3 is 2.47 bits per heavy atom. The van der Waals surface area contributed by atoms with E-state index in [2.05, 4.69) is 15.7 Å². The molecule has 0 aliphatic carbocycles. The summed E-state index contributed by atoms with van der Waals surface area (Å²) < 4.78 is 25.1. The second-order valence-electron chi connectivity index (χ2n) is 7.88. The largest absolute Gasteiger partial charge is 0.378 e. The normalized spacial score (nSPS) is 11.3. The lowest BCUT2D eigenvalue weighted by Crippen LogP contribution is -2.29. The van der Waals surface area contributed by atoms with Crippen molar-refractivity contribution >= 4 is 27.1 Å². The molecule has 1 heterocycles. The highest BCUT2D eigenvalue weighted by molar-refractivity contribution is 7.90. The zero-order valence-corrected chi connectivity index (χ0v) is 20.1. The van der Waals surface area contributed by atoms with Crippen LogP contribution in [0.15, 0.2) is 53.4 Å². The lowest BCUT2D eigenvalue weighted by Gasteiger charge is -2.10. The number of nitro groups is 1. The van der Waals surface area contributed by atoms with Gasteiger partial charge in [-0.25, -0.2) is 13.1 Å². The number of nitrogens with one attached hydrogen (secondary N) is 2. The molecule has 3 rings (SSSR count). The fourth-order valence-electron chi connectivity index (χ4n) is 3.63. The Labute approximate surface area is 198 Å². The average Bonchev–Trinajstić information content (AvgIpc) is 3.08. The van der Waals surface area contributed by atoms with E-state index >= 15 is 0 Å². The van der Waals surface area contributed by atoms with E-state index in [1.807, 2.05) is 48.9 Å². The van der Waals surface area contributed by atoms with Gasteiger partial charge in [-0.1, -0.05) is 18.2 Å². The molecule has 0 aliphatic rings. The van der Waals surface area contributed by atoms with E-state index in [1.54, 1.807) is 0 Å². The van der Waals surface area contributed by atoms with Gasteiger partial charge in [0, 0.05) is 37.5 Å². The molecule has 1 aromatic heterocycles. The number of sulfone groups is 1. The molecule has 34 heavy (non-hydrogen) atoms. The third-order valence-electron chi connectivity index (χ3n) is 5.40. The summed E-state index contributed by atoms with van der Waals surface area (Å²) in [6.45, 7) is 4.40. The van der Waals surface area contributed by atoms with E-state index in [9.17, 15) is 23.3 Å². The molecule has 2 aromatic carbocycles. The molecule has 180 valence electrons. The van der Waals surface area contributed by atoms with Crippen LogP contribution in [0.3, 0.4) is 0 Å². The van der Waals surface area contributed by atoms with Gasteiger partial charge < -0.3 is 10.6 Å². The Kier molecular flexibility index (Phi) is 7.67. The number of rotatable bonds is 10. The molecule has 1 amide bonds. The van der Waals surface area contributed by atoms with Crippen molar-refractivity contribution in [1.29, 1.82) is 0 Å². The lowest BCUT2D eigenvalue weighted by molar-refractivity contribution is -0.384. The molecule has 0 saturated heterocycles. The van der Waals surface area contributed by atoms with Gasteiger partial charge in [0.1, 0.15) is 5.69 Å². The average molecular weight is 486 g/mol. The number of hydrogen-bond donors (Lipinski definition) is 2. The molecule has 2 N–H and O–H groups in total. The monoisotopic (exact) mass is 485 g/mol. The topological polar surface area (TPSA) is 136 Å². The molecule has 0 unspecified atom stereocenters. The summed E-state index contributed by atoms with van der Waals surface area (Å²) in [7, 11) is -3.56. The van der Waals surface area contributed by atoms with Crippen molar-refractivity contribution in [1.82, 2.24) is 15.1 Å². The summed E-state index contributed by atoms with van der Waals surface area (Å²) in [6, 6.07) is 13.5. The van der Waals surface area contributed by atoms with Crippen LogP contribution in [0.1, 0.15) is 23.4 Å². The van der Waals surface area contributed by atoms with Crippen molar-refractivity contribution in [2.45, 2.75) is 31.6 Å². The van der Waals surface area contributed by atoms with Crippen LogP contribution < -0.4 is 10.6 Å². The van der Waals surface area contributed by atoms with Crippen molar-refractivity contribution in [2.24, 2.45) is 0 Å². The Bertz CT molecular complexity index is 1300. The van der Waals surface area contributed by atoms with E-state index in [-0.39, 0.29) is 41.7 Å². The highest BCUT2D eigenvalue weighted by Gasteiger charge is 2.18. The number of aromatic nitrogens is 2. The second kappa shape index (κ2) is 10.5. The van der Waals surface area contributed by atoms with Crippen LogP contribution in [-0.4, -0.2) is 48.4 Å². The summed E-state index contributed by atoms with van der Waals surface area (Å²) >= 11 is 0. The fraction of sp³-hybridized carbons (Fsp3) is 0.304. The van der Waals surface area contributed by atoms with Crippen LogP contribution >= 0.6 is 0 Å². The van der Waals surface area contributed by atoms with Gasteiger partial charge >= 0.3 is 0 Å². The minimum atomic E-state index is -3.56. The van der Waals surface area contributed by atoms with E-state index in [4.69, 9.17) is 0 Å². The van der Waals surface area contributed by atoms with E-state index in [1.165, 1.54) is 12.1 Å². The minimum Gasteiger partial charge on any atom is -0.378 e. The molecule has 0 fully saturated rings. The fourth-order valence-corrected chi connectivity index (χ4v) is 4.27. The van der Waals surface area contributed by atoms with Gasteiger partial charge in [-0.2, -0.15) is 5.10 Å². The number of anilines is 1. The molecule has 0 bridgehead atoms. The number of benzene rings is 2. The van der Waals surface area contributed by atoms with Crippen molar-refractivity contribution < 1.29 is 18.1 Å². The van der Waals surface area contributed by atoms with Gasteiger partial charge in [-0.3, -0.25) is 14.9 Å². The first-order valence-corrected chi connectivity index (χ1v) is 12.6. The first kappa shape index (κ1) is 24.9. The Hall–Kier alpha value is -3.73. The van der Waals surface area contributed by atoms with E-state index in [0.29, 0.717) is 6.42 Å². The van der Waals surface area contributed by atoms with Crippen molar-refractivity contribution in [3.05, 3.63) is 75.6 Å². The first-order chi connectivity index (χ1) is 16.1. The molecule has 10 nitrogen and oxygen atoms in total. The SMILES string of the molecule is Cc1nn(-c2ccccc2)c(C)c1CCC(=O)NCCNc1ccc(S(C)(=O)=O)cc1[N+](=O)[O-]. The lowest BCUT2D eigenvalue weighted by atomic mass is 10.1. The number of nitrogens with zero attached hydrogens (tertiary/aromatic N) is 3. The standard InChI is InChI=1S/C23H27N5O5S/c1-16-20(17(2)27(26-16)18-7-5-4-6-8-18)10-12-23(29)25-14-13-24-21-11-9-19(34(3,32)33)15-22(21)28(30)31/h4-9,11,15,24H,10,12-14H2,1-3H3,(H,25,29). The number of carbonyl (C=O) groups is 1. The first-order valence-electron chi connectivity index (χ1n) is 10.7. The molecule has 0 atom stereocenters. The second-order valence-corrected chi connectivity index (χ2v) is 9.90. The number of nitro benzene ring substituents is 1. The molecule has 0 radical (unpaired) electrons. The number of amides is 1. The predicted octanol–water partition coefficient (Wildman–Crippen LogP) is 2.96. The van der Waals surface area contributed by atoms with Crippen LogP contribution in [0.5, 0.6) is 0 Å². The molecular formula is C23H27N5O5S. The summed E-state index contributed by atoms with van der Waals surface area (Å²) in [4.78, 5) is 22.9. The van der Waals surface area contributed by atoms with Gasteiger partial charge in [0.2, 0.25) is 5.91 Å². The highest BCUT2D eigenvalue weighted by Crippen LogP contribution is 2.27. The van der Waals surface area contributed by atoms with Gasteiger partial charge in [0.25, 0.3) is 5.69 Å². The molecule has 0 aliphatic heterocycles. The zero-order chi connectivity index (χ0) is 24.9. The van der Waals surface area contributed by atoms with Crippen LogP contribution in [0.4, 0.5) is 11.4 Å². The molecule has 11 heteroatoms. The molecule has 0 saturated carbocycles. The van der Waals surface area contributed by atoms with Gasteiger partial charge in [0.15, 0.2) is 9.84 Å². The van der Waals surface area contributed by atoms with Crippen LogP contribution in [0, 0.1) is 24.0 Å². The zero-order valence-electron chi connectivity index (χ0n) is 19.2. The van der Waals surface area contributed by atoms with Crippen LogP contribution in [0.2, 0.25) is 0 Å². The number of carbonyl (C=O) groups excluding carboxylic acids is 1. The van der Waals surface area contributed by atoms with Crippen LogP contribution in [-0.2, 0) is 21.1 Å². The summed E-state index contributed by atoms with van der Waals surface area (Å²) in [5.74, 6) is -0.144. The number of hydrogen-bond acceptors (Lipinski definition) is 7.